The molecule has 0 bridgehead atoms. The SMILES string of the molecule is CCOC(=O)c1c(CCCOc2cccc3cc(F)ccc23)c2c#cc(Cl)c(-c3c(CC)nn(C)c3CBr)c2n1CCCCN. The van der Waals surface area contributed by atoms with Crippen LogP contribution in [0.5, 0.6) is 5.75 Å². The van der Waals surface area contributed by atoms with E-state index in [-0.39, 0.29) is 12.4 Å². The van der Waals surface area contributed by atoms with E-state index in [1.54, 1.807) is 13.0 Å². The van der Waals surface area contributed by atoms with Crippen LogP contribution in [-0.4, -0.2) is 40.1 Å². The van der Waals surface area contributed by atoms with Crippen LogP contribution in [0.25, 0.3) is 32.8 Å². The smallest absolute Gasteiger partial charge is 0.355 e. The van der Waals surface area contributed by atoms with Crippen LogP contribution in [0.2, 0.25) is 5.02 Å². The topological polar surface area (TPSA) is 84.3 Å². The third-order valence-electron chi connectivity index (χ3n) is 8.00. The molecule has 5 aromatic rings. The van der Waals surface area contributed by atoms with Gasteiger partial charge in [-0.05, 0) is 81.3 Å². The van der Waals surface area contributed by atoms with E-state index in [0.29, 0.717) is 60.8 Å². The molecule has 0 atom stereocenters. The zero-order chi connectivity index (χ0) is 32.1. The van der Waals surface area contributed by atoms with Crippen LogP contribution in [0, 0.1) is 17.9 Å². The van der Waals surface area contributed by atoms with Gasteiger partial charge in [-0.1, -0.05) is 52.7 Å². The minimum Gasteiger partial charge on any atom is -0.493 e. The molecule has 0 radical (unpaired) electrons. The maximum atomic E-state index is 13.8. The second kappa shape index (κ2) is 14.7. The monoisotopic (exact) mass is 694 g/mol. The molecule has 0 aliphatic carbocycles. The second-order valence-electron chi connectivity index (χ2n) is 10.8. The van der Waals surface area contributed by atoms with Crippen molar-refractivity contribution in [3.05, 3.63) is 82.0 Å². The molecule has 7 nitrogen and oxygen atoms in total. The van der Waals surface area contributed by atoms with Crippen molar-refractivity contribution < 1.29 is 18.7 Å². The molecule has 0 aliphatic heterocycles. The molecule has 45 heavy (non-hydrogen) atoms. The summed E-state index contributed by atoms with van der Waals surface area (Å²) in [7, 11) is 1.92. The number of rotatable bonds is 14. The number of nitrogens with two attached hydrogens (primary N) is 1. The summed E-state index contributed by atoms with van der Waals surface area (Å²) in [5.74, 6) is -0.00377. The van der Waals surface area contributed by atoms with Crippen molar-refractivity contribution in [1.29, 1.82) is 0 Å². The number of hydrogen-bond acceptors (Lipinski definition) is 5. The second-order valence-corrected chi connectivity index (χ2v) is 11.7. The van der Waals surface area contributed by atoms with Gasteiger partial charge in [-0.15, -0.1) is 0 Å². The van der Waals surface area contributed by atoms with Crippen LogP contribution < -0.4 is 10.5 Å². The fraction of sp³-hybridized carbons (Fsp3) is 0.371. The summed E-state index contributed by atoms with van der Waals surface area (Å²) in [6.07, 6.45) is 3.41. The Labute approximate surface area is 276 Å². The lowest BCUT2D eigenvalue weighted by atomic mass is 9.98. The van der Waals surface area contributed by atoms with E-state index in [1.165, 1.54) is 12.1 Å². The highest BCUT2D eigenvalue weighted by atomic mass is 79.9. The summed E-state index contributed by atoms with van der Waals surface area (Å²) in [5, 5.41) is 8.18. The first-order valence-corrected chi connectivity index (χ1v) is 16.8. The van der Waals surface area contributed by atoms with E-state index in [9.17, 15) is 9.18 Å². The number of nitrogens with zero attached hydrogens (tertiary/aromatic N) is 3. The van der Waals surface area contributed by atoms with Crippen molar-refractivity contribution in [2.45, 2.75) is 57.8 Å². The highest BCUT2D eigenvalue weighted by Crippen LogP contribution is 2.42. The molecular formula is C35H37BrClFN4O3. The summed E-state index contributed by atoms with van der Waals surface area (Å²) < 4.78 is 29.5. The number of aryl methyl sites for hydroxylation is 4. The van der Waals surface area contributed by atoms with Gasteiger partial charge in [0.1, 0.15) is 22.3 Å². The van der Waals surface area contributed by atoms with E-state index >= 15 is 0 Å². The fourth-order valence-electron chi connectivity index (χ4n) is 5.98. The lowest BCUT2D eigenvalue weighted by Gasteiger charge is -2.14. The maximum Gasteiger partial charge on any atom is 0.355 e. The fourth-order valence-corrected chi connectivity index (χ4v) is 6.86. The number of esters is 1. The van der Waals surface area contributed by atoms with Crippen molar-refractivity contribution >= 4 is 55.2 Å². The van der Waals surface area contributed by atoms with Gasteiger partial charge in [0, 0.05) is 41.0 Å². The normalized spacial score (nSPS) is 11.4. The minimum absolute atomic E-state index is 0.243. The third kappa shape index (κ3) is 6.55. The molecule has 0 aliphatic rings. The molecule has 0 saturated heterocycles. The molecule has 236 valence electrons. The summed E-state index contributed by atoms with van der Waals surface area (Å²) in [6, 6.07) is 16.7. The van der Waals surface area contributed by atoms with E-state index in [4.69, 9.17) is 31.9 Å². The standard InChI is InChI=1S/C35H37BrClFN4O3/c1-4-28-32(29(21-36)41(3)40-28)31-27(37)16-15-26-25(34(35(43)44-5-2)42(33(26)31)18-7-6-17-39)11-9-19-45-30-12-8-10-22-20-23(38)13-14-24(22)30/h8,10,12-14,20H,4-7,9,11,17-19,21,39H2,1-3H3. The maximum absolute atomic E-state index is 13.8. The Kier molecular flexibility index (Phi) is 10.7. The number of unbranched alkanes of at least 4 members (excludes halogenated alkanes) is 1. The Morgan fingerprint density at radius 2 is 1.96 bits per heavy atom. The molecule has 5 rings (SSSR count). The van der Waals surface area contributed by atoms with Gasteiger partial charge < -0.3 is 19.8 Å². The minimum atomic E-state index is -0.397. The lowest BCUT2D eigenvalue weighted by molar-refractivity contribution is 0.0512. The number of carbonyl (C=O) groups is 1. The molecule has 3 aromatic carbocycles. The predicted octanol–water partition coefficient (Wildman–Crippen LogP) is 7.97. The largest absolute Gasteiger partial charge is 0.493 e. The average molecular weight is 696 g/mol. The number of aromatic nitrogens is 3. The van der Waals surface area contributed by atoms with Gasteiger partial charge in [-0.3, -0.25) is 4.68 Å². The van der Waals surface area contributed by atoms with E-state index in [1.807, 2.05) is 34.5 Å². The van der Waals surface area contributed by atoms with Gasteiger partial charge in [-0.25, -0.2) is 9.18 Å². The van der Waals surface area contributed by atoms with Gasteiger partial charge >= 0.3 is 5.97 Å². The van der Waals surface area contributed by atoms with Gasteiger partial charge in [0.25, 0.3) is 0 Å². The van der Waals surface area contributed by atoms with Crippen molar-refractivity contribution in [3.63, 3.8) is 0 Å². The number of hydrogen-bond donors (Lipinski definition) is 1. The molecular weight excluding hydrogens is 659 g/mol. The predicted molar refractivity (Wildman–Crippen MR) is 181 cm³/mol. The Hall–Kier alpha value is -3.58. The summed E-state index contributed by atoms with van der Waals surface area (Å²) in [5.41, 5.74) is 11.6. The van der Waals surface area contributed by atoms with Crippen molar-refractivity contribution in [2.75, 3.05) is 19.8 Å². The molecule has 0 unspecified atom stereocenters. The van der Waals surface area contributed by atoms with Crippen molar-refractivity contribution in [2.24, 2.45) is 12.8 Å². The molecule has 10 heteroatoms. The number of benzene rings is 2. The first-order chi connectivity index (χ1) is 21.8. The number of halogens is 3. The third-order valence-corrected chi connectivity index (χ3v) is 8.82. The zero-order valence-electron chi connectivity index (χ0n) is 25.8. The molecule has 0 saturated carbocycles. The van der Waals surface area contributed by atoms with Crippen LogP contribution in [0.4, 0.5) is 4.39 Å². The Bertz CT molecular complexity index is 1830. The molecule has 2 N–H and O–H groups in total. The van der Waals surface area contributed by atoms with Crippen molar-refractivity contribution in [1.82, 2.24) is 14.3 Å². The first-order valence-electron chi connectivity index (χ1n) is 15.3. The van der Waals surface area contributed by atoms with Crippen LogP contribution in [0.1, 0.15) is 60.5 Å². The lowest BCUT2D eigenvalue weighted by Crippen LogP contribution is -2.15. The highest BCUT2D eigenvalue weighted by molar-refractivity contribution is 9.08. The molecule has 2 aromatic heterocycles. The van der Waals surface area contributed by atoms with Gasteiger partial charge in [0.2, 0.25) is 0 Å². The summed E-state index contributed by atoms with van der Waals surface area (Å²) in [6.45, 7) is 5.60. The van der Waals surface area contributed by atoms with Crippen LogP contribution >= 0.6 is 27.5 Å². The van der Waals surface area contributed by atoms with Gasteiger partial charge in [0.15, 0.2) is 0 Å². The molecule has 0 spiro atoms. The van der Waals surface area contributed by atoms with Gasteiger partial charge in [-0.2, -0.15) is 5.10 Å². The van der Waals surface area contributed by atoms with Crippen molar-refractivity contribution in [3.8, 4) is 16.9 Å². The van der Waals surface area contributed by atoms with E-state index in [0.717, 1.165) is 62.6 Å². The molecule has 2 heterocycles. The number of carbonyl (C=O) groups excluding carboxylic acids is 1. The number of fused-ring (bicyclic) bond motifs is 2. The van der Waals surface area contributed by atoms with E-state index in [2.05, 4.69) is 35.0 Å². The highest BCUT2D eigenvalue weighted by Gasteiger charge is 2.29. The molecule has 0 fully saturated rings. The van der Waals surface area contributed by atoms with Gasteiger partial charge in [0.05, 0.1) is 35.5 Å². The van der Waals surface area contributed by atoms with Crippen LogP contribution in [0.15, 0.2) is 36.4 Å². The average Bonchev–Trinajstić information content (AvgIpc) is 3.52. The van der Waals surface area contributed by atoms with Crippen LogP contribution in [0.3, 0.4) is 0 Å². The first kappa shape index (κ1) is 32.8. The number of ether oxygens (including phenoxy) is 2. The van der Waals surface area contributed by atoms with E-state index < -0.39 is 5.97 Å². The Morgan fingerprint density at radius 1 is 1.13 bits per heavy atom. The quantitative estimate of drug-likeness (QED) is 0.0724. The summed E-state index contributed by atoms with van der Waals surface area (Å²) >= 11 is 10.6. The number of alkyl halides is 1. The molecule has 0 amide bonds. The summed E-state index contributed by atoms with van der Waals surface area (Å²) in [4.78, 5) is 13.7. The van der Waals surface area contributed by atoms with Crippen LogP contribution in [-0.2, 0) is 36.5 Å². The zero-order valence-corrected chi connectivity index (χ0v) is 28.2. The Morgan fingerprint density at radius 3 is 2.69 bits per heavy atom. The Balaban J connectivity index is 1.61.